The van der Waals surface area contributed by atoms with E-state index in [-0.39, 0.29) is 0 Å². The monoisotopic (exact) mass is 342 g/mol. The average Bonchev–Trinajstić information content (AvgIpc) is 3.10. The maximum atomic E-state index is 9.54. The Bertz CT molecular complexity index is 728. The summed E-state index contributed by atoms with van der Waals surface area (Å²) in [4.78, 5) is 13.4. The Morgan fingerprint density at radius 2 is 1.80 bits per heavy atom. The van der Waals surface area contributed by atoms with Gasteiger partial charge >= 0.3 is 0 Å². The second-order valence-corrected chi connectivity index (χ2v) is 6.44. The molecule has 0 aliphatic carbocycles. The van der Waals surface area contributed by atoms with Crippen LogP contribution in [0.3, 0.4) is 0 Å². The van der Waals surface area contributed by atoms with E-state index in [1.807, 2.05) is 6.07 Å². The molecule has 1 aromatic heterocycles. The number of rotatable bonds is 4. The number of hydrogen-bond donors (Lipinski definition) is 1. The summed E-state index contributed by atoms with van der Waals surface area (Å²) in [6.45, 7) is 6.61. The highest BCUT2D eigenvalue weighted by Crippen LogP contribution is 2.32. The number of aromatic nitrogens is 2. The van der Waals surface area contributed by atoms with E-state index >= 15 is 0 Å². The fourth-order valence-corrected chi connectivity index (χ4v) is 3.11. The van der Waals surface area contributed by atoms with Gasteiger partial charge in [0.15, 0.2) is 11.5 Å². The van der Waals surface area contributed by atoms with Crippen molar-refractivity contribution in [1.82, 2.24) is 14.9 Å². The summed E-state index contributed by atoms with van der Waals surface area (Å²) in [5.41, 5.74) is 1.97. The number of hydrogen-bond acceptors (Lipinski definition) is 7. The smallest absolute Gasteiger partial charge is 0.231 e. The van der Waals surface area contributed by atoms with Crippen LogP contribution in [0.25, 0.3) is 0 Å². The number of benzene rings is 1. The zero-order chi connectivity index (χ0) is 17.2. The van der Waals surface area contributed by atoms with Crippen LogP contribution in [0.15, 0.2) is 30.6 Å². The molecule has 7 heteroatoms. The molecule has 1 unspecified atom stereocenters. The molecule has 0 bridgehead atoms. The maximum Gasteiger partial charge on any atom is 0.231 e. The van der Waals surface area contributed by atoms with Gasteiger partial charge in [0.1, 0.15) is 0 Å². The summed E-state index contributed by atoms with van der Waals surface area (Å²) in [6.07, 6.45) is 2.87. The van der Waals surface area contributed by atoms with Crippen molar-refractivity contribution in [2.45, 2.75) is 19.6 Å². The Kier molecular flexibility index (Phi) is 4.42. The van der Waals surface area contributed by atoms with Gasteiger partial charge in [0.05, 0.1) is 6.10 Å². The molecular formula is C18H22N4O3. The Balaban J connectivity index is 1.33. The molecule has 4 rings (SSSR count). The van der Waals surface area contributed by atoms with E-state index in [0.29, 0.717) is 6.79 Å². The Labute approximate surface area is 146 Å². The minimum Gasteiger partial charge on any atom is -0.454 e. The Morgan fingerprint density at radius 1 is 1.08 bits per heavy atom. The zero-order valence-electron chi connectivity index (χ0n) is 14.3. The van der Waals surface area contributed by atoms with E-state index in [2.05, 4.69) is 31.9 Å². The molecule has 1 atom stereocenters. The number of ether oxygens (including phenoxy) is 2. The molecule has 132 valence electrons. The lowest BCUT2D eigenvalue weighted by Gasteiger charge is -2.34. The first-order valence-corrected chi connectivity index (χ1v) is 8.55. The van der Waals surface area contributed by atoms with E-state index in [1.54, 1.807) is 19.3 Å². The van der Waals surface area contributed by atoms with Gasteiger partial charge in [0, 0.05) is 50.7 Å². The lowest BCUT2D eigenvalue weighted by Crippen LogP contribution is -2.46. The molecule has 1 saturated heterocycles. The first-order valence-electron chi connectivity index (χ1n) is 8.55. The van der Waals surface area contributed by atoms with Crippen LogP contribution in [0.5, 0.6) is 11.5 Å². The van der Waals surface area contributed by atoms with Gasteiger partial charge in [0.25, 0.3) is 0 Å². The SMILES string of the molecule is CC(O)c1cnc(N2CCN(Cc3ccc4c(c3)OCO4)CC2)nc1. The fraction of sp³-hybridized carbons (Fsp3) is 0.444. The van der Waals surface area contributed by atoms with Crippen molar-refractivity contribution in [2.75, 3.05) is 37.9 Å². The molecule has 25 heavy (non-hydrogen) atoms. The van der Waals surface area contributed by atoms with Gasteiger partial charge in [-0.3, -0.25) is 4.90 Å². The highest BCUT2D eigenvalue weighted by Gasteiger charge is 2.20. The molecule has 0 radical (unpaired) electrons. The quantitative estimate of drug-likeness (QED) is 0.904. The predicted octanol–water partition coefficient (Wildman–Crippen LogP) is 1.58. The summed E-state index contributed by atoms with van der Waals surface area (Å²) < 4.78 is 10.8. The van der Waals surface area contributed by atoms with Crippen LogP contribution in [0.1, 0.15) is 24.2 Å². The highest BCUT2D eigenvalue weighted by molar-refractivity contribution is 5.44. The zero-order valence-corrected chi connectivity index (χ0v) is 14.3. The van der Waals surface area contributed by atoms with Crippen molar-refractivity contribution in [3.05, 3.63) is 41.7 Å². The third-order valence-corrected chi connectivity index (χ3v) is 4.64. The number of anilines is 1. The minimum absolute atomic E-state index is 0.311. The molecule has 3 heterocycles. The lowest BCUT2D eigenvalue weighted by molar-refractivity contribution is 0.174. The van der Waals surface area contributed by atoms with Crippen molar-refractivity contribution >= 4 is 5.95 Å². The molecule has 0 saturated carbocycles. The standard InChI is InChI=1S/C18H22N4O3/c1-13(23)15-9-19-18(20-10-15)22-6-4-21(5-7-22)11-14-2-3-16-17(8-14)25-12-24-16/h2-3,8-10,13,23H,4-7,11-12H2,1H3. The van der Waals surface area contributed by atoms with Gasteiger partial charge in [-0.15, -0.1) is 0 Å². The molecule has 0 spiro atoms. The molecule has 0 amide bonds. The lowest BCUT2D eigenvalue weighted by atomic mass is 10.1. The Morgan fingerprint density at radius 3 is 2.52 bits per heavy atom. The maximum absolute atomic E-state index is 9.54. The van der Waals surface area contributed by atoms with E-state index in [1.165, 1.54) is 5.56 Å². The third kappa shape index (κ3) is 3.52. The van der Waals surface area contributed by atoms with E-state index in [0.717, 1.165) is 55.7 Å². The van der Waals surface area contributed by atoms with Crippen LogP contribution in [-0.2, 0) is 6.54 Å². The number of fused-ring (bicyclic) bond motifs is 1. The van der Waals surface area contributed by atoms with E-state index in [4.69, 9.17) is 9.47 Å². The van der Waals surface area contributed by atoms with Gasteiger partial charge in [-0.25, -0.2) is 9.97 Å². The van der Waals surface area contributed by atoms with Crippen LogP contribution in [0.4, 0.5) is 5.95 Å². The summed E-state index contributed by atoms with van der Waals surface area (Å²) in [5, 5.41) is 9.54. The van der Waals surface area contributed by atoms with Crippen molar-refractivity contribution in [3.63, 3.8) is 0 Å². The van der Waals surface area contributed by atoms with Gasteiger partial charge in [-0.05, 0) is 24.6 Å². The number of aliphatic hydroxyl groups is 1. The number of piperazine rings is 1. The molecule has 7 nitrogen and oxygen atoms in total. The number of aliphatic hydroxyl groups excluding tert-OH is 1. The predicted molar refractivity (Wildman–Crippen MR) is 92.7 cm³/mol. The average molecular weight is 342 g/mol. The molecular weight excluding hydrogens is 320 g/mol. The van der Waals surface area contributed by atoms with E-state index < -0.39 is 6.10 Å². The molecule has 1 N–H and O–H groups in total. The van der Waals surface area contributed by atoms with Gasteiger partial charge in [-0.1, -0.05) is 6.07 Å². The summed E-state index contributed by atoms with van der Waals surface area (Å²) >= 11 is 0. The molecule has 2 aliphatic rings. The van der Waals surface area contributed by atoms with Gasteiger partial charge in [0.2, 0.25) is 12.7 Å². The summed E-state index contributed by atoms with van der Waals surface area (Å²) in [6, 6.07) is 6.13. The fourth-order valence-electron chi connectivity index (χ4n) is 3.11. The largest absolute Gasteiger partial charge is 0.454 e. The van der Waals surface area contributed by atoms with Crippen molar-refractivity contribution in [3.8, 4) is 11.5 Å². The van der Waals surface area contributed by atoms with Crippen molar-refractivity contribution in [1.29, 1.82) is 0 Å². The summed E-state index contributed by atoms with van der Waals surface area (Å²) in [7, 11) is 0. The topological polar surface area (TPSA) is 71.0 Å². The first kappa shape index (κ1) is 16.1. The van der Waals surface area contributed by atoms with Crippen LogP contribution in [-0.4, -0.2) is 52.9 Å². The molecule has 1 fully saturated rings. The minimum atomic E-state index is -0.535. The second kappa shape index (κ2) is 6.85. The Hall–Kier alpha value is -2.38. The van der Waals surface area contributed by atoms with E-state index in [9.17, 15) is 5.11 Å². The van der Waals surface area contributed by atoms with Gasteiger partial charge < -0.3 is 19.5 Å². The summed E-state index contributed by atoms with van der Waals surface area (Å²) in [5.74, 6) is 2.39. The van der Waals surface area contributed by atoms with Crippen LogP contribution in [0.2, 0.25) is 0 Å². The normalized spacial score (nSPS) is 18.4. The molecule has 2 aliphatic heterocycles. The van der Waals surface area contributed by atoms with Gasteiger partial charge in [-0.2, -0.15) is 0 Å². The van der Waals surface area contributed by atoms with Crippen molar-refractivity contribution in [2.24, 2.45) is 0 Å². The van der Waals surface area contributed by atoms with Crippen LogP contribution in [0, 0.1) is 0 Å². The molecule has 1 aromatic carbocycles. The number of nitrogens with zero attached hydrogens (tertiary/aromatic N) is 4. The van der Waals surface area contributed by atoms with Crippen molar-refractivity contribution < 1.29 is 14.6 Å². The first-order chi connectivity index (χ1) is 12.2. The highest BCUT2D eigenvalue weighted by atomic mass is 16.7. The molecule has 2 aromatic rings. The second-order valence-electron chi connectivity index (χ2n) is 6.44. The van der Waals surface area contributed by atoms with Crippen LogP contribution >= 0.6 is 0 Å². The van der Waals surface area contributed by atoms with Crippen LogP contribution < -0.4 is 14.4 Å². The third-order valence-electron chi connectivity index (χ3n) is 4.64.